The molecule has 0 radical (unpaired) electrons. The van der Waals surface area contributed by atoms with Gasteiger partial charge in [0.1, 0.15) is 0 Å². The molecule has 0 saturated carbocycles. The second-order valence-corrected chi connectivity index (χ2v) is 13.0. The molecule has 2 amide bonds. The highest BCUT2D eigenvalue weighted by atomic mass is 16.2. The Morgan fingerprint density at radius 1 is 1.00 bits per heavy atom. The Labute approximate surface area is 257 Å². The van der Waals surface area contributed by atoms with E-state index < -0.39 is 0 Å². The quantitative estimate of drug-likeness (QED) is 0.274. The Kier molecular flexibility index (Phi) is 10.8. The third-order valence-electron chi connectivity index (χ3n) is 8.52. The molecule has 0 bridgehead atoms. The summed E-state index contributed by atoms with van der Waals surface area (Å²) in [6.45, 7) is 14.6. The molecule has 1 saturated heterocycles. The molecular weight excluding hydrogens is 532 g/mol. The zero-order valence-electron chi connectivity index (χ0n) is 26.4. The van der Waals surface area contributed by atoms with Crippen molar-refractivity contribution in [1.29, 1.82) is 5.26 Å². The van der Waals surface area contributed by atoms with E-state index in [1.54, 1.807) is 24.3 Å². The first kappa shape index (κ1) is 32.0. The van der Waals surface area contributed by atoms with Gasteiger partial charge in [-0.05, 0) is 110 Å². The highest BCUT2D eigenvalue weighted by molar-refractivity contribution is 6.04. The maximum Gasteiger partial charge on any atom is 0.255 e. The van der Waals surface area contributed by atoms with Crippen LogP contribution in [0.4, 0.5) is 5.69 Å². The average Bonchev–Trinajstić information content (AvgIpc) is 3.00. The number of amides is 2. The predicted octanol–water partition coefficient (Wildman–Crippen LogP) is 7.30. The SMILES string of the molecule is CCCN(CC1CCN(C(=O)c2ccc(C#N)cc2)CC1)C(C)Cc1cccc(NC(=O)c2ccc(C(C)(C)C)cc2)c1. The second-order valence-electron chi connectivity index (χ2n) is 13.0. The molecule has 43 heavy (non-hydrogen) atoms. The molecule has 0 spiro atoms. The Morgan fingerprint density at radius 2 is 1.65 bits per heavy atom. The number of benzene rings is 3. The normalized spacial score (nSPS) is 14.8. The standard InChI is InChI=1S/C37H46N4O2/c1-6-20-41(26-29-18-21-40(22-19-29)36(43)32-12-10-28(25-38)11-13-32)27(2)23-30-8-7-9-34(24-30)39-35(42)31-14-16-33(17-15-31)37(3,4)5/h7-17,24,27,29H,6,18-23,26H2,1-5H3,(H,39,42). The summed E-state index contributed by atoms with van der Waals surface area (Å²) in [6.07, 6.45) is 3.98. The molecule has 0 aromatic heterocycles. The summed E-state index contributed by atoms with van der Waals surface area (Å²) in [6, 6.07) is 25.5. The highest BCUT2D eigenvalue weighted by Gasteiger charge is 2.26. The third-order valence-corrected chi connectivity index (χ3v) is 8.52. The molecule has 3 aromatic carbocycles. The van der Waals surface area contributed by atoms with Crippen LogP contribution >= 0.6 is 0 Å². The van der Waals surface area contributed by atoms with Crippen molar-refractivity contribution in [2.45, 2.75) is 71.8 Å². The Bertz CT molecular complexity index is 1410. The van der Waals surface area contributed by atoms with E-state index in [9.17, 15) is 9.59 Å². The first-order valence-corrected chi connectivity index (χ1v) is 15.6. The van der Waals surface area contributed by atoms with Crippen molar-refractivity contribution in [3.8, 4) is 6.07 Å². The average molecular weight is 579 g/mol. The monoisotopic (exact) mass is 578 g/mol. The van der Waals surface area contributed by atoms with Crippen molar-refractivity contribution in [3.63, 3.8) is 0 Å². The van der Waals surface area contributed by atoms with E-state index in [4.69, 9.17) is 5.26 Å². The fourth-order valence-corrected chi connectivity index (χ4v) is 5.87. The topological polar surface area (TPSA) is 76.4 Å². The lowest BCUT2D eigenvalue weighted by molar-refractivity contribution is 0.0651. The Balaban J connectivity index is 1.31. The summed E-state index contributed by atoms with van der Waals surface area (Å²) < 4.78 is 0. The lowest BCUT2D eigenvalue weighted by Gasteiger charge is -2.37. The Hall–Kier alpha value is -3.95. The van der Waals surface area contributed by atoms with Gasteiger partial charge in [-0.15, -0.1) is 0 Å². The molecule has 226 valence electrons. The van der Waals surface area contributed by atoms with Crippen LogP contribution in [0.3, 0.4) is 0 Å². The second kappa shape index (κ2) is 14.5. The molecule has 1 N–H and O–H groups in total. The molecule has 3 aromatic rings. The molecule has 1 atom stereocenters. The highest BCUT2D eigenvalue weighted by Crippen LogP contribution is 2.24. The van der Waals surface area contributed by atoms with Crippen LogP contribution in [-0.4, -0.2) is 53.8 Å². The van der Waals surface area contributed by atoms with Gasteiger partial charge in [0.25, 0.3) is 11.8 Å². The van der Waals surface area contributed by atoms with E-state index in [0.29, 0.717) is 28.7 Å². The van der Waals surface area contributed by atoms with Crippen molar-refractivity contribution in [1.82, 2.24) is 9.80 Å². The molecule has 1 aliphatic rings. The van der Waals surface area contributed by atoms with Crippen molar-refractivity contribution >= 4 is 17.5 Å². The number of carbonyl (C=O) groups excluding carboxylic acids is 2. The maximum atomic E-state index is 13.0. The van der Waals surface area contributed by atoms with Crippen LogP contribution in [0.25, 0.3) is 0 Å². The number of hydrogen-bond donors (Lipinski definition) is 1. The zero-order valence-corrected chi connectivity index (χ0v) is 26.4. The van der Waals surface area contributed by atoms with Gasteiger partial charge >= 0.3 is 0 Å². The molecule has 1 unspecified atom stereocenters. The minimum absolute atomic E-state index is 0.0508. The van der Waals surface area contributed by atoms with Crippen molar-refractivity contribution < 1.29 is 9.59 Å². The number of nitrogens with one attached hydrogen (secondary N) is 1. The van der Waals surface area contributed by atoms with E-state index in [1.165, 1.54) is 11.1 Å². The van der Waals surface area contributed by atoms with Crippen LogP contribution in [0.2, 0.25) is 0 Å². The molecule has 4 rings (SSSR count). The predicted molar refractivity (Wildman–Crippen MR) is 174 cm³/mol. The lowest BCUT2D eigenvalue weighted by Crippen LogP contribution is -2.44. The fraction of sp³-hybridized carbons (Fsp3) is 0.432. The lowest BCUT2D eigenvalue weighted by atomic mass is 9.87. The zero-order chi connectivity index (χ0) is 31.0. The first-order valence-electron chi connectivity index (χ1n) is 15.6. The minimum Gasteiger partial charge on any atom is -0.339 e. The molecule has 1 fully saturated rings. The van der Waals surface area contributed by atoms with E-state index >= 15 is 0 Å². The van der Waals surface area contributed by atoms with Crippen molar-refractivity contribution in [3.05, 3.63) is 101 Å². The van der Waals surface area contributed by atoms with Gasteiger partial charge in [0.05, 0.1) is 11.6 Å². The number of nitrogens with zero attached hydrogens (tertiary/aromatic N) is 3. The molecule has 6 nitrogen and oxygen atoms in total. The van der Waals surface area contributed by atoms with E-state index in [-0.39, 0.29) is 17.2 Å². The van der Waals surface area contributed by atoms with Crippen LogP contribution < -0.4 is 5.32 Å². The van der Waals surface area contributed by atoms with E-state index in [0.717, 1.165) is 57.5 Å². The number of hydrogen-bond acceptors (Lipinski definition) is 4. The maximum absolute atomic E-state index is 13.0. The molecule has 1 aliphatic heterocycles. The van der Waals surface area contributed by atoms with Gasteiger partial charge in [-0.3, -0.25) is 9.59 Å². The van der Waals surface area contributed by atoms with E-state index in [1.807, 2.05) is 41.3 Å². The van der Waals surface area contributed by atoms with Crippen LogP contribution in [0, 0.1) is 17.2 Å². The van der Waals surface area contributed by atoms with Gasteiger partial charge in [0, 0.05) is 42.5 Å². The van der Waals surface area contributed by atoms with Crippen LogP contribution in [0.1, 0.15) is 91.3 Å². The fourth-order valence-electron chi connectivity index (χ4n) is 5.87. The Morgan fingerprint density at radius 3 is 2.26 bits per heavy atom. The first-order chi connectivity index (χ1) is 20.6. The van der Waals surface area contributed by atoms with Crippen molar-refractivity contribution in [2.24, 2.45) is 5.92 Å². The van der Waals surface area contributed by atoms with Gasteiger partial charge < -0.3 is 15.1 Å². The van der Waals surface area contributed by atoms with Gasteiger partial charge in [-0.1, -0.05) is 52.0 Å². The smallest absolute Gasteiger partial charge is 0.255 e. The summed E-state index contributed by atoms with van der Waals surface area (Å²) in [5.74, 6) is 0.507. The van der Waals surface area contributed by atoms with Crippen LogP contribution in [-0.2, 0) is 11.8 Å². The summed E-state index contributed by atoms with van der Waals surface area (Å²) in [4.78, 5) is 30.4. The minimum atomic E-state index is -0.0951. The van der Waals surface area contributed by atoms with Crippen LogP contribution in [0.15, 0.2) is 72.8 Å². The van der Waals surface area contributed by atoms with E-state index in [2.05, 4.69) is 63.0 Å². The summed E-state index contributed by atoms with van der Waals surface area (Å²) in [7, 11) is 0. The van der Waals surface area contributed by atoms with Gasteiger partial charge in [0.2, 0.25) is 0 Å². The molecule has 6 heteroatoms. The molecular formula is C37H46N4O2. The van der Waals surface area contributed by atoms with Gasteiger partial charge in [0.15, 0.2) is 0 Å². The summed E-state index contributed by atoms with van der Waals surface area (Å²) >= 11 is 0. The molecule has 0 aliphatic carbocycles. The number of carbonyl (C=O) groups is 2. The van der Waals surface area contributed by atoms with Gasteiger partial charge in [-0.2, -0.15) is 5.26 Å². The third kappa shape index (κ3) is 8.78. The van der Waals surface area contributed by atoms with Gasteiger partial charge in [-0.25, -0.2) is 0 Å². The number of rotatable bonds is 10. The number of piperidine rings is 1. The van der Waals surface area contributed by atoms with Crippen LogP contribution in [0.5, 0.6) is 0 Å². The molecule has 1 heterocycles. The number of anilines is 1. The number of likely N-dealkylation sites (tertiary alicyclic amines) is 1. The van der Waals surface area contributed by atoms with Crippen molar-refractivity contribution in [2.75, 3.05) is 31.5 Å². The summed E-state index contributed by atoms with van der Waals surface area (Å²) in [5.41, 5.74) is 5.15. The number of nitriles is 1. The largest absolute Gasteiger partial charge is 0.339 e. The summed E-state index contributed by atoms with van der Waals surface area (Å²) in [5, 5.41) is 12.1.